The Balaban J connectivity index is 1.77. The van der Waals surface area contributed by atoms with Gasteiger partial charge in [-0.3, -0.25) is 0 Å². The lowest BCUT2D eigenvalue weighted by Gasteiger charge is -2.28. The highest BCUT2D eigenvalue weighted by atomic mass is 32.1. The second-order valence-electron chi connectivity index (χ2n) is 4.79. The Labute approximate surface area is 119 Å². The maximum Gasteiger partial charge on any atom is 0.206 e. The first kappa shape index (κ1) is 11.5. The van der Waals surface area contributed by atoms with Gasteiger partial charge in [-0.15, -0.1) is 21.5 Å². The van der Waals surface area contributed by atoms with E-state index in [0.717, 1.165) is 23.6 Å². The minimum Gasteiger partial charge on any atom is -0.328 e. The van der Waals surface area contributed by atoms with Crippen molar-refractivity contribution in [3.05, 3.63) is 39.5 Å². The molecule has 100 valence electrons. The molecule has 0 fully saturated rings. The summed E-state index contributed by atoms with van der Waals surface area (Å²) in [6.45, 7) is 5.12. The van der Waals surface area contributed by atoms with E-state index in [9.17, 15) is 0 Å². The third kappa shape index (κ3) is 1.63. The first-order valence-electron chi connectivity index (χ1n) is 6.30. The zero-order valence-corrected chi connectivity index (χ0v) is 11.9. The maximum atomic E-state index is 4.76. The zero-order chi connectivity index (χ0) is 13.7. The van der Waals surface area contributed by atoms with Crippen molar-refractivity contribution in [1.82, 2.24) is 25.5 Å². The molecule has 0 spiro atoms. The summed E-state index contributed by atoms with van der Waals surface area (Å²) >= 11 is 1.81. The molecule has 2 aliphatic heterocycles. The monoisotopic (exact) mass is 284 g/mol. The van der Waals surface area contributed by atoms with Crippen LogP contribution in [0, 0.1) is 13.8 Å². The number of tetrazole rings is 1. The highest BCUT2D eigenvalue weighted by Gasteiger charge is 2.24. The van der Waals surface area contributed by atoms with Crippen LogP contribution in [-0.4, -0.2) is 31.4 Å². The number of hydrogen-bond acceptors (Lipinski definition) is 6. The third-order valence-corrected chi connectivity index (χ3v) is 4.56. The van der Waals surface area contributed by atoms with E-state index < -0.39 is 0 Å². The fourth-order valence-corrected chi connectivity index (χ4v) is 3.53. The topological polar surface area (TPSA) is 70.1 Å². The highest BCUT2D eigenvalue weighted by molar-refractivity contribution is 7.12. The summed E-state index contributed by atoms with van der Waals surface area (Å²) in [6, 6.07) is 0. The molecule has 0 atom stereocenters. The summed E-state index contributed by atoms with van der Waals surface area (Å²) in [4.78, 5) is 9.51. The molecule has 0 amide bonds. The SMILES string of the molecule is Cc1sc(C)c2c1CN1C=C(c3nn[nH]n3)C=CC1=N2. The van der Waals surface area contributed by atoms with Gasteiger partial charge in [-0.25, -0.2) is 4.99 Å². The van der Waals surface area contributed by atoms with Gasteiger partial charge < -0.3 is 4.90 Å². The zero-order valence-electron chi connectivity index (χ0n) is 11.1. The molecule has 0 aliphatic carbocycles. The van der Waals surface area contributed by atoms with Crippen LogP contribution in [0.1, 0.15) is 21.1 Å². The van der Waals surface area contributed by atoms with Crippen molar-refractivity contribution >= 4 is 28.4 Å². The van der Waals surface area contributed by atoms with Crippen molar-refractivity contribution in [2.24, 2.45) is 4.99 Å². The van der Waals surface area contributed by atoms with Crippen molar-refractivity contribution in [2.45, 2.75) is 20.4 Å². The van der Waals surface area contributed by atoms with Crippen LogP contribution in [0.4, 0.5) is 5.69 Å². The van der Waals surface area contributed by atoms with Gasteiger partial charge in [0.15, 0.2) is 0 Å². The molecule has 6 nitrogen and oxygen atoms in total. The van der Waals surface area contributed by atoms with Crippen molar-refractivity contribution in [2.75, 3.05) is 0 Å². The van der Waals surface area contributed by atoms with E-state index in [0.29, 0.717) is 5.82 Å². The van der Waals surface area contributed by atoms with Crippen molar-refractivity contribution in [3.63, 3.8) is 0 Å². The number of hydrogen-bond donors (Lipinski definition) is 1. The lowest BCUT2D eigenvalue weighted by Crippen LogP contribution is -2.28. The van der Waals surface area contributed by atoms with Gasteiger partial charge >= 0.3 is 0 Å². The van der Waals surface area contributed by atoms with Gasteiger partial charge in [-0.2, -0.15) is 5.21 Å². The van der Waals surface area contributed by atoms with E-state index in [2.05, 4.69) is 39.4 Å². The predicted molar refractivity (Wildman–Crippen MR) is 77.7 cm³/mol. The van der Waals surface area contributed by atoms with Crippen LogP contribution in [0.2, 0.25) is 0 Å². The molecule has 0 saturated carbocycles. The molecule has 7 heteroatoms. The predicted octanol–water partition coefficient (Wildman–Crippen LogP) is 2.33. The number of aromatic amines is 1. The molecule has 0 aromatic carbocycles. The largest absolute Gasteiger partial charge is 0.328 e. The smallest absolute Gasteiger partial charge is 0.206 e. The number of rotatable bonds is 1. The van der Waals surface area contributed by atoms with Gasteiger partial charge in [0.1, 0.15) is 5.84 Å². The molecule has 1 N–H and O–H groups in total. The minimum atomic E-state index is 0.601. The van der Waals surface area contributed by atoms with E-state index in [1.165, 1.54) is 15.3 Å². The molecule has 4 rings (SSSR count). The van der Waals surface area contributed by atoms with Crippen LogP contribution in [0.15, 0.2) is 23.3 Å². The van der Waals surface area contributed by atoms with Crippen molar-refractivity contribution in [1.29, 1.82) is 0 Å². The molecule has 4 heterocycles. The quantitative estimate of drug-likeness (QED) is 0.872. The Hall–Kier alpha value is -2.28. The Morgan fingerprint density at radius 2 is 2.15 bits per heavy atom. The van der Waals surface area contributed by atoms with E-state index in [-0.39, 0.29) is 0 Å². The number of H-pyrrole nitrogens is 1. The van der Waals surface area contributed by atoms with Gasteiger partial charge in [0.2, 0.25) is 5.82 Å². The Bertz CT molecular complexity index is 765. The first-order valence-corrected chi connectivity index (χ1v) is 7.12. The van der Waals surface area contributed by atoms with Crippen LogP contribution < -0.4 is 0 Å². The molecule has 2 aromatic heterocycles. The standard InChI is InChI=1S/C13H12N6S/c1-7-10-6-19-5-9(13-15-17-18-16-13)3-4-11(19)14-12(10)8(2)20-7/h3-5H,6H2,1-2H3,(H,15,16,17,18). The van der Waals surface area contributed by atoms with Crippen LogP contribution in [-0.2, 0) is 6.54 Å². The Morgan fingerprint density at radius 1 is 1.25 bits per heavy atom. The molecule has 0 saturated heterocycles. The van der Waals surface area contributed by atoms with Gasteiger partial charge in [0, 0.05) is 27.1 Å². The van der Waals surface area contributed by atoms with E-state index >= 15 is 0 Å². The van der Waals surface area contributed by atoms with Crippen LogP contribution in [0.25, 0.3) is 5.57 Å². The number of aliphatic imine (C=N–C) groups is 1. The number of aryl methyl sites for hydroxylation is 2. The summed E-state index contributed by atoms with van der Waals surface area (Å²) in [5.74, 6) is 1.56. The van der Waals surface area contributed by atoms with Gasteiger partial charge in [-0.1, -0.05) is 0 Å². The number of allylic oxidation sites excluding steroid dienone is 2. The van der Waals surface area contributed by atoms with Crippen LogP contribution >= 0.6 is 11.3 Å². The van der Waals surface area contributed by atoms with Crippen LogP contribution in [0.3, 0.4) is 0 Å². The van der Waals surface area contributed by atoms with E-state index in [1.54, 1.807) is 0 Å². The molecule has 2 aromatic rings. The number of thiophene rings is 1. The lowest BCUT2D eigenvalue weighted by molar-refractivity contribution is 0.545. The normalized spacial score (nSPS) is 16.6. The number of aromatic nitrogens is 4. The van der Waals surface area contributed by atoms with E-state index in [4.69, 9.17) is 4.99 Å². The van der Waals surface area contributed by atoms with Gasteiger partial charge in [0.05, 0.1) is 12.2 Å². The molecular formula is C13H12N6S. The van der Waals surface area contributed by atoms with Crippen molar-refractivity contribution < 1.29 is 0 Å². The Morgan fingerprint density at radius 3 is 2.95 bits per heavy atom. The molecule has 2 aliphatic rings. The molecule has 0 radical (unpaired) electrons. The molecule has 0 bridgehead atoms. The molecule has 0 unspecified atom stereocenters. The fraction of sp³-hybridized carbons (Fsp3) is 0.231. The van der Waals surface area contributed by atoms with E-state index in [1.807, 2.05) is 29.7 Å². The minimum absolute atomic E-state index is 0.601. The molecule has 20 heavy (non-hydrogen) atoms. The number of amidine groups is 1. The number of fused-ring (bicyclic) bond motifs is 2. The van der Waals surface area contributed by atoms with Crippen molar-refractivity contribution in [3.8, 4) is 0 Å². The number of nitrogens with one attached hydrogen (secondary N) is 1. The fourth-order valence-electron chi connectivity index (χ4n) is 2.52. The first-order chi connectivity index (χ1) is 9.72. The van der Waals surface area contributed by atoms with Crippen LogP contribution in [0.5, 0.6) is 0 Å². The lowest BCUT2D eigenvalue weighted by atomic mass is 10.1. The summed E-state index contributed by atoms with van der Waals surface area (Å²) in [5.41, 5.74) is 3.39. The third-order valence-electron chi connectivity index (χ3n) is 3.51. The highest BCUT2D eigenvalue weighted by Crippen LogP contribution is 2.39. The second kappa shape index (κ2) is 4.11. The Kier molecular flexibility index (Phi) is 2.37. The summed E-state index contributed by atoms with van der Waals surface area (Å²) in [7, 11) is 0. The summed E-state index contributed by atoms with van der Waals surface area (Å²) in [6.07, 6.45) is 6.00. The summed E-state index contributed by atoms with van der Waals surface area (Å²) in [5, 5.41) is 14.1. The molecular weight excluding hydrogens is 272 g/mol. The maximum absolute atomic E-state index is 4.76. The number of nitrogens with zero attached hydrogens (tertiary/aromatic N) is 5. The summed E-state index contributed by atoms with van der Waals surface area (Å²) < 4.78 is 0. The average molecular weight is 284 g/mol. The van der Waals surface area contributed by atoms with Gasteiger partial charge in [0.25, 0.3) is 0 Å². The average Bonchev–Trinajstić information content (AvgIpc) is 3.07. The van der Waals surface area contributed by atoms with Gasteiger partial charge in [-0.05, 0) is 31.2 Å². The second-order valence-corrected chi connectivity index (χ2v) is 6.22.